The maximum atomic E-state index is 12.1. The summed E-state index contributed by atoms with van der Waals surface area (Å²) in [4.78, 5) is 24.0. The molecule has 1 amide bonds. The van der Waals surface area contributed by atoms with Crippen LogP contribution in [0.3, 0.4) is 0 Å². The van der Waals surface area contributed by atoms with Crippen molar-refractivity contribution < 1.29 is 22.7 Å². The summed E-state index contributed by atoms with van der Waals surface area (Å²) in [5.41, 5.74) is 6.57. The van der Waals surface area contributed by atoms with E-state index < -0.39 is 28.0 Å². The van der Waals surface area contributed by atoms with Gasteiger partial charge in [-0.1, -0.05) is 6.07 Å². The number of esters is 1. The van der Waals surface area contributed by atoms with Gasteiger partial charge in [-0.15, -0.1) is 0 Å². The third-order valence-electron chi connectivity index (χ3n) is 3.23. The highest BCUT2D eigenvalue weighted by molar-refractivity contribution is 7.89. The third kappa shape index (κ3) is 5.03. The van der Waals surface area contributed by atoms with E-state index in [-0.39, 0.29) is 10.5 Å². The molecule has 0 saturated heterocycles. The number of carbonyl (C=O) groups excluding carboxylic acids is 2. The lowest BCUT2D eigenvalue weighted by molar-refractivity contribution is -0.123. The average molecular weight is 363 g/mol. The normalized spacial score (nSPS) is 12.2. The zero-order valence-corrected chi connectivity index (χ0v) is 14.1. The Morgan fingerprint density at radius 3 is 2.32 bits per heavy atom. The van der Waals surface area contributed by atoms with Gasteiger partial charge in [-0.05, 0) is 49.4 Å². The van der Waals surface area contributed by atoms with Crippen molar-refractivity contribution in [1.82, 2.24) is 0 Å². The van der Waals surface area contributed by atoms with Crippen LogP contribution in [0.25, 0.3) is 0 Å². The van der Waals surface area contributed by atoms with Crippen molar-refractivity contribution in [1.29, 1.82) is 0 Å². The number of ether oxygens (including phenoxy) is 1. The monoisotopic (exact) mass is 363 g/mol. The Hall–Kier alpha value is -2.91. The number of anilines is 2. The van der Waals surface area contributed by atoms with E-state index in [2.05, 4.69) is 5.32 Å². The van der Waals surface area contributed by atoms with Gasteiger partial charge in [-0.25, -0.2) is 18.4 Å². The molecule has 0 fully saturated rings. The van der Waals surface area contributed by atoms with Crippen LogP contribution in [0.2, 0.25) is 0 Å². The van der Waals surface area contributed by atoms with Crippen molar-refractivity contribution in [2.75, 3.05) is 11.1 Å². The molecule has 132 valence electrons. The fourth-order valence-electron chi connectivity index (χ4n) is 1.92. The second-order valence-corrected chi connectivity index (χ2v) is 6.79. The first-order valence-electron chi connectivity index (χ1n) is 7.17. The highest BCUT2D eigenvalue weighted by Crippen LogP contribution is 2.14. The van der Waals surface area contributed by atoms with Crippen molar-refractivity contribution >= 4 is 33.3 Å². The molecular formula is C16H17N3O5S. The zero-order valence-electron chi connectivity index (χ0n) is 13.3. The summed E-state index contributed by atoms with van der Waals surface area (Å²) in [7, 11) is -3.81. The molecule has 0 radical (unpaired) electrons. The van der Waals surface area contributed by atoms with Gasteiger partial charge in [0.15, 0.2) is 6.10 Å². The first-order valence-corrected chi connectivity index (χ1v) is 8.71. The fraction of sp³-hybridized carbons (Fsp3) is 0.125. The smallest absolute Gasteiger partial charge is 0.338 e. The van der Waals surface area contributed by atoms with Gasteiger partial charge in [0, 0.05) is 11.4 Å². The first-order chi connectivity index (χ1) is 11.7. The molecule has 0 aliphatic heterocycles. The summed E-state index contributed by atoms with van der Waals surface area (Å²) >= 11 is 0. The Morgan fingerprint density at radius 1 is 1.12 bits per heavy atom. The van der Waals surface area contributed by atoms with Crippen LogP contribution in [0.15, 0.2) is 53.4 Å². The number of sulfonamides is 1. The lowest BCUT2D eigenvalue weighted by Gasteiger charge is -2.14. The van der Waals surface area contributed by atoms with Crippen LogP contribution in [-0.4, -0.2) is 26.4 Å². The fourth-order valence-corrected chi connectivity index (χ4v) is 2.44. The van der Waals surface area contributed by atoms with Crippen molar-refractivity contribution in [2.24, 2.45) is 5.14 Å². The number of primary sulfonamides is 1. The lowest BCUT2D eigenvalue weighted by atomic mass is 10.2. The highest BCUT2D eigenvalue weighted by Gasteiger charge is 2.19. The molecule has 0 bridgehead atoms. The van der Waals surface area contributed by atoms with Gasteiger partial charge in [0.25, 0.3) is 5.91 Å². The molecule has 9 heteroatoms. The molecule has 0 saturated carbocycles. The summed E-state index contributed by atoms with van der Waals surface area (Å²) in [5.74, 6) is -1.25. The minimum Gasteiger partial charge on any atom is -0.449 e. The van der Waals surface area contributed by atoms with Gasteiger partial charge in [-0.3, -0.25) is 4.79 Å². The summed E-state index contributed by atoms with van der Waals surface area (Å²) in [5, 5.41) is 7.51. The SMILES string of the molecule is CC(OC(=O)c1cccc(N)c1)C(=O)Nc1ccc(S(N)(=O)=O)cc1. The van der Waals surface area contributed by atoms with Crippen LogP contribution >= 0.6 is 0 Å². The Kier molecular flexibility index (Phi) is 5.40. The Morgan fingerprint density at radius 2 is 1.76 bits per heavy atom. The van der Waals surface area contributed by atoms with Gasteiger partial charge in [0.1, 0.15) is 0 Å². The first kappa shape index (κ1) is 18.4. The molecule has 0 aliphatic carbocycles. The van der Waals surface area contributed by atoms with Crippen LogP contribution < -0.4 is 16.2 Å². The molecule has 2 aromatic rings. The minimum atomic E-state index is -3.81. The molecule has 5 N–H and O–H groups in total. The van der Waals surface area contributed by atoms with E-state index >= 15 is 0 Å². The Labute approximate surface area is 144 Å². The zero-order chi connectivity index (χ0) is 18.6. The van der Waals surface area contributed by atoms with E-state index in [4.69, 9.17) is 15.6 Å². The second kappa shape index (κ2) is 7.32. The van der Waals surface area contributed by atoms with Gasteiger partial charge in [-0.2, -0.15) is 0 Å². The molecule has 1 unspecified atom stereocenters. The molecule has 0 aromatic heterocycles. The largest absolute Gasteiger partial charge is 0.449 e. The average Bonchev–Trinajstić information content (AvgIpc) is 2.54. The molecule has 2 aromatic carbocycles. The second-order valence-electron chi connectivity index (χ2n) is 5.23. The predicted molar refractivity (Wildman–Crippen MR) is 92.2 cm³/mol. The van der Waals surface area contributed by atoms with Crippen LogP contribution in [0.1, 0.15) is 17.3 Å². The molecular weight excluding hydrogens is 346 g/mol. The maximum Gasteiger partial charge on any atom is 0.338 e. The van der Waals surface area contributed by atoms with Crippen LogP contribution in [0.5, 0.6) is 0 Å². The van der Waals surface area contributed by atoms with E-state index in [0.29, 0.717) is 11.4 Å². The van der Waals surface area contributed by atoms with Crippen LogP contribution in [0, 0.1) is 0 Å². The lowest BCUT2D eigenvalue weighted by Crippen LogP contribution is -2.30. The molecule has 25 heavy (non-hydrogen) atoms. The quantitative estimate of drug-likeness (QED) is 0.536. The van der Waals surface area contributed by atoms with E-state index in [1.165, 1.54) is 43.3 Å². The van der Waals surface area contributed by atoms with E-state index in [9.17, 15) is 18.0 Å². The molecule has 0 aliphatic rings. The van der Waals surface area contributed by atoms with Gasteiger partial charge < -0.3 is 15.8 Å². The van der Waals surface area contributed by atoms with Crippen molar-refractivity contribution in [3.8, 4) is 0 Å². The van der Waals surface area contributed by atoms with Gasteiger partial charge in [0.05, 0.1) is 10.5 Å². The van der Waals surface area contributed by atoms with Crippen molar-refractivity contribution in [3.05, 3.63) is 54.1 Å². The molecule has 0 spiro atoms. The number of nitrogens with two attached hydrogens (primary N) is 2. The third-order valence-corrected chi connectivity index (χ3v) is 4.15. The summed E-state index contributed by atoms with van der Waals surface area (Å²) < 4.78 is 27.4. The van der Waals surface area contributed by atoms with E-state index in [0.717, 1.165) is 0 Å². The Bertz CT molecular complexity index is 894. The predicted octanol–water partition coefficient (Wildman–Crippen LogP) is 1.10. The van der Waals surface area contributed by atoms with Crippen LogP contribution in [-0.2, 0) is 19.6 Å². The number of hydrogen-bond acceptors (Lipinski definition) is 6. The number of rotatable bonds is 5. The molecule has 1 atom stereocenters. The Balaban J connectivity index is 1.99. The topological polar surface area (TPSA) is 142 Å². The number of hydrogen-bond donors (Lipinski definition) is 3. The van der Waals surface area contributed by atoms with Crippen LogP contribution in [0.4, 0.5) is 11.4 Å². The maximum absolute atomic E-state index is 12.1. The number of amides is 1. The molecule has 8 nitrogen and oxygen atoms in total. The van der Waals surface area contributed by atoms with Gasteiger partial charge >= 0.3 is 5.97 Å². The van der Waals surface area contributed by atoms with Crippen molar-refractivity contribution in [3.63, 3.8) is 0 Å². The number of carbonyl (C=O) groups is 2. The number of nitrogens with one attached hydrogen (secondary N) is 1. The molecule has 2 rings (SSSR count). The van der Waals surface area contributed by atoms with E-state index in [1.807, 2.05) is 0 Å². The van der Waals surface area contributed by atoms with Gasteiger partial charge in [0.2, 0.25) is 10.0 Å². The summed E-state index contributed by atoms with van der Waals surface area (Å²) in [6.07, 6.45) is -1.06. The van der Waals surface area contributed by atoms with E-state index in [1.54, 1.807) is 12.1 Å². The molecule has 0 heterocycles. The minimum absolute atomic E-state index is 0.0772. The highest BCUT2D eigenvalue weighted by atomic mass is 32.2. The number of benzene rings is 2. The summed E-state index contributed by atoms with van der Waals surface area (Å²) in [6, 6.07) is 11.5. The summed E-state index contributed by atoms with van der Waals surface area (Å²) in [6.45, 7) is 1.41. The van der Waals surface area contributed by atoms with Crippen molar-refractivity contribution in [2.45, 2.75) is 17.9 Å². The number of nitrogen functional groups attached to an aromatic ring is 1. The standard InChI is InChI=1S/C16H17N3O5S/c1-10(24-16(21)11-3-2-4-12(17)9-11)15(20)19-13-5-7-14(8-6-13)25(18,22)23/h2-10H,17H2,1H3,(H,19,20)(H2,18,22,23).